The average Bonchev–Trinajstić information content (AvgIpc) is 2.60. The molecule has 156 valence electrons. The zero-order valence-corrected chi connectivity index (χ0v) is 17.7. The SMILES string of the molecule is CC=C1CCC1.CCCCC(F)(F)CC(C)CC.COc1ccc(O)cc1. The van der Waals surface area contributed by atoms with Crippen molar-refractivity contribution in [2.75, 3.05) is 7.11 Å². The summed E-state index contributed by atoms with van der Waals surface area (Å²) in [5.74, 6) is -1.26. The summed E-state index contributed by atoms with van der Waals surface area (Å²) in [7, 11) is 1.59. The van der Waals surface area contributed by atoms with E-state index in [4.69, 9.17) is 9.84 Å². The molecule has 1 unspecified atom stereocenters. The zero-order chi connectivity index (χ0) is 20.7. The van der Waals surface area contributed by atoms with Crippen molar-refractivity contribution in [1.29, 1.82) is 0 Å². The van der Waals surface area contributed by atoms with Crippen LogP contribution in [0.4, 0.5) is 8.78 Å². The molecule has 0 spiro atoms. The Hall–Kier alpha value is -1.58. The first-order valence-electron chi connectivity index (χ1n) is 10.1. The highest BCUT2D eigenvalue weighted by Gasteiger charge is 2.29. The van der Waals surface area contributed by atoms with Crippen molar-refractivity contribution in [1.82, 2.24) is 0 Å². The molecule has 1 atom stereocenters. The highest BCUT2D eigenvalue weighted by Crippen LogP contribution is 2.30. The lowest BCUT2D eigenvalue weighted by atomic mass is 9.93. The van der Waals surface area contributed by atoms with Gasteiger partial charge in [-0.25, -0.2) is 8.78 Å². The summed E-state index contributed by atoms with van der Waals surface area (Å²) in [6.45, 7) is 7.91. The Morgan fingerprint density at radius 1 is 1.19 bits per heavy atom. The molecule has 1 aromatic rings. The number of phenolic OH excluding ortho intramolecular Hbond substituents is 1. The van der Waals surface area contributed by atoms with Crippen molar-refractivity contribution >= 4 is 0 Å². The lowest BCUT2D eigenvalue weighted by Gasteiger charge is -2.19. The van der Waals surface area contributed by atoms with Gasteiger partial charge in [0.05, 0.1) is 7.11 Å². The summed E-state index contributed by atoms with van der Waals surface area (Å²) < 4.78 is 31.0. The van der Waals surface area contributed by atoms with E-state index in [2.05, 4.69) is 13.0 Å². The number of ether oxygens (including phenoxy) is 1. The van der Waals surface area contributed by atoms with Crippen molar-refractivity contribution in [2.24, 2.45) is 5.92 Å². The summed E-state index contributed by atoms with van der Waals surface area (Å²) in [4.78, 5) is 0. The molecule has 4 heteroatoms. The molecule has 2 rings (SSSR count). The summed E-state index contributed by atoms with van der Waals surface area (Å²) in [5, 5.41) is 8.80. The molecule has 1 N–H and O–H groups in total. The number of methoxy groups -OCH3 is 1. The predicted octanol–water partition coefficient (Wildman–Crippen LogP) is 7.77. The maximum atomic E-state index is 13.0. The number of alkyl halides is 2. The van der Waals surface area contributed by atoms with Gasteiger partial charge in [-0.3, -0.25) is 0 Å². The van der Waals surface area contributed by atoms with E-state index < -0.39 is 5.92 Å². The minimum absolute atomic E-state index is 0.0590. The van der Waals surface area contributed by atoms with Gasteiger partial charge in [0.15, 0.2) is 0 Å². The van der Waals surface area contributed by atoms with Gasteiger partial charge < -0.3 is 9.84 Å². The zero-order valence-electron chi connectivity index (χ0n) is 17.7. The number of unbranched alkanes of at least 4 members (excludes halogenated alkanes) is 1. The lowest BCUT2D eigenvalue weighted by molar-refractivity contribution is -0.0310. The van der Waals surface area contributed by atoms with E-state index in [-0.39, 0.29) is 24.5 Å². The van der Waals surface area contributed by atoms with Crippen molar-refractivity contribution in [3.8, 4) is 11.5 Å². The first-order valence-corrected chi connectivity index (χ1v) is 10.1. The largest absolute Gasteiger partial charge is 0.508 e. The fourth-order valence-corrected chi connectivity index (χ4v) is 2.44. The molecule has 0 radical (unpaired) electrons. The molecule has 1 aliphatic carbocycles. The monoisotopic (exact) mass is 384 g/mol. The number of allylic oxidation sites excluding steroid dienone is 2. The Morgan fingerprint density at radius 2 is 1.78 bits per heavy atom. The van der Waals surface area contributed by atoms with Gasteiger partial charge in [0.1, 0.15) is 11.5 Å². The molecular formula is C23H38F2O2. The van der Waals surface area contributed by atoms with E-state index in [1.807, 2.05) is 20.8 Å². The maximum absolute atomic E-state index is 13.0. The quantitative estimate of drug-likeness (QED) is 0.487. The van der Waals surface area contributed by atoms with Gasteiger partial charge in [0, 0.05) is 12.8 Å². The third kappa shape index (κ3) is 13.3. The molecule has 1 aromatic carbocycles. The second kappa shape index (κ2) is 14.5. The van der Waals surface area contributed by atoms with Gasteiger partial charge in [-0.1, -0.05) is 45.3 Å². The van der Waals surface area contributed by atoms with Crippen molar-refractivity contribution < 1.29 is 18.6 Å². The average molecular weight is 385 g/mol. The Morgan fingerprint density at radius 3 is 2.11 bits per heavy atom. The summed E-state index contributed by atoms with van der Waals surface area (Å²) in [6.07, 6.45) is 8.87. The number of benzene rings is 1. The van der Waals surface area contributed by atoms with Gasteiger partial charge >= 0.3 is 0 Å². The fraction of sp³-hybridized carbons (Fsp3) is 0.652. The molecule has 1 fully saturated rings. The van der Waals surface area contributed by atoms with Crippen LogP contribution in [0.25, 0.3) is 0 Å². The molecule has 1 saturated carbocycles. The second-order valence-electron chi connectivity index (χ2n) is 7.18. The Kier molecular flexibility index (Phi) is 13.6. The lowest BCUT2D eigenvalue weighted by Crippen LogP contribution is -2.19. The number of hydrogen-bond donors (Lipinski definition) is 1. The van der Waals surface area contributed by atoms with Crippen LogP contribution in [0.3, 0.4) is 0 Å². The summed E-state index contributed by atoms with van der Waals surface area (Å²) in [6, 6.07) is 6.57. The van der Waals surface area contributed by atoms with E-state index in [0.717, 1.165) is 18.6 Å². The highest BCUT2D eigenvalue weighted by atomic mass is 19.3. The van der Waals surface area contributed by atoms with Crippen molar-refractivity contribution in [3.05, 3.63) is 35.9 Å². The van der Waals surface area contributed by atoms with Crippen LogP contribution in [-0.4, -0.2) is 18.1 Å². The van der Waals surface area contributed by atoms with Gasteiger partial charge in [0.2, 0.25) is 5.92 Å². The first-order chi connectivity index (χ1) is 12.8. The molecule has 1 aliphatic rings. The van der Waals surface area contributed by atoms with Crippen molar-refractivity contribution in [2.45, 2.75) is 85.0 Å². The van der Waals surface area contributed by atoms with Crippen LogP contribution in [0.1, 0.15) is 79.1 Å². The van der Waals surface area contributed by atoms with Crippen LogP contribution in [0.2, 0.25) is 0 Å². The molecule has 0 saturated heterocycles. The third-order valence-electron chi connectivity index (χ3n) is 4.72. The van der Waals surface area contributed by atoms with Gasteiger partial charge in [-0.15, -0.1) is 0 Å². The summed E-state index contributed by atoms with van der Waals surface area (Å²) in [5.41, 5.74) is 1.65. The first kappa shape index (κ1) is 25.4. The van der Waals surface area contributed by atoms with Crippen LogP contribution in [0.5, 0.6) is 11.5 Å². The van der Waals surface area contributed by atoms with E-state index in [1.54, 1.807) is 36.9 Å². The number of hydrogen-bond acceptors (Lipinski definition) is 2. The van der Waals surface area contributed by atoms with Crippen LogP contribution >= 0.6 is 0 Å². The number of phenols is 1. The second-order valence-corrected chi connectivity index (χ2v) is 7.18. The molecule has 0 amide bonds. The molecule has 0 aromatic heterocycles. The fourth-order valence-electron chi connectivity index (χ4n) is 2.44. The molecule has 27 heavy (non-hydrogen) atoms. The predicted molar refractivity (Wildman–Crippen MR) is 111 cm³/mol. The topological polar surface area (TPSA) is 29.5 Å². The van der Waals surface area contributed by atoms with Crippen molar-refractivity contribution in [3.63, 3.8) is 0 Å². The van der Waals surface area contributed by atoms with E-state index in [0.29, 0.717) is 6.42 Å². The Labute approximate surface area is 164 Å². The van der Waals surface area contributed by atoms with Gasteiger partial charge in [-0.05, 0) is 62.8 Å². The Bertz CT molecular complexity index is 504. The van der Waals surface area contributed by atoms with E-state index in [1.165, 1.54) is 19.3 Å². The smallest absolute Gasteiger partial charge is 0.248 e. The number of halogens is 2. The standard InChI is InChI=1S/C10H20F2.C7H8O2.C6H10/c1-4-6-7-10(11,12)8-9(3)5-2;1-9-7-4-2-6(8)3-5-7;1-2-6-4-3-5-6/h9H,4-8H2,1-3H3;2-5,8H,1H3;2H,3-5H2,1H3. The van der Waals surface area contributed by atoms with Crippen LogP contribution in [0, 0.1) is 5.92 Å². The van der Waals surface area contributed by atoms with Gasteiger partial charge in [0.25, 0.3) is 0 Å². The number of aromatic hydroxyl groups is 1. The highest BCUT2D eigenvalue weighted by molar-refractivity contribution is 5.29. The minimum atomic E-state index is -2.43. The Balaban J connectivity index is 0.000000395. The normalized spacial score (nSPS) is 14.0. The number of rotatable bonds is 7. The van der Waals surface area contributed by atoms with E-state index in [9.17, 15) is 8.78 Å². The van der Waals surface area contributed by atoms with E-state index >= 15 is 0 Å². The van der Waals surface area contributed by atoms with Crippen LogP contribution in [0.15, 0.2) is 35.9 Å². The van der Waals surface area contributed by atoms with Crippen LogP contribution in [-0.2, 0) is 0 Å². The van der Waals surface area contributed by atoms with Gasteiger partial charge in [-0.2, -0.15) is 0 Å². The third-order valence-corrected chi connectivity index (χ3v) is 4.72. The molecule has 0 aliphatic heterocycles. The molecule has 0 bridgehead atoms. The molecule has 0 heterocycles. The maximum Gasteiger partial charge on any atom is 0.248 e. The van der Waals surface area contributed by atoms with Crippen LogP contribution < -0.4 is 4.74 Å². The minimum Gasteiger partial charge on any atom is -0.508 e. The molecule has 2 nitrogen and oxygen atoms in total. The summed E-state index contributed by atoms with van der Waals surface area (Å²) >= 11 is 0. The molecular weight excluding hydrogens is 346 g/mol.